The molecule has 2 aliphatic rings. The van der Waals surface area contributed by atoms with Gasteiger partial charge in [0.2, 0.25) is 0 Å². The van der Waals surface area contributed by atoms with Crippen LogP contribution in [0, 0.1) is 17.3 Å². The van der Waals surface area contributed by atoms with E-state index in [-0.39, 0.29) is 5.54 Å². The molecule has 0 saturated heterocycles. The topological polar surface area (TPSA) is 26.0 Å². The van der Waals surface area contributed by atoms with Gasteiger partial charge in [0.1, 0.15) is 0 Å². The van der Waals surface area contributed by atoms with Crippen molar-refractivity contribution in [2.45, 2.75) is 52.0 Å². The van der Waals surface area contributed by atoms with E-state index in [4.69, 9.17) is 5.73 Å². The molecule has 1 nitrogen and oxygen atoms in total. The molecular formula is C11H21N. The minimum atomic E-state index is 0.116. The van der Waals surface area contributed by atoms with Gasteiger partial charge in [-0.2, -0.15) is 0 Å². The lowest BCUT2D eigenvalue weighted by atomic mass is 9.62. The average molecular weight is 167 g/mol. The summed E-state index contributed by atoms with van der Waals surface area (Å²) in [4.78, 5) is 0. The second-order valence-corrected chi connectivity index (χ2v) is 5.26. The highest BCUT2D eigenvalue weighted by Gasteiger charge is 2.59. The van der Waals surface area contributed by atoms with Gasteiger partial charge in [-0.3, -0.25) is 0 Å². The molecule has 70 valence electrons. The van der Waals surface area contributed by atoms with Crippen LogP contribution in [0.3, 0.4) is 0 Å². The van der Waals surface area contributed by atoms with Crippen molar-refractivity contribution in [3.05, 3.63) is 0 Å². The molecule has 4 atom stereocenters. The third-order valence-corrected chi connectivity index (χ3v) is 5.15. The van der Waals surface area contributed by atoms with E-state index >= 15 is 0 Å². The van der Waals surface area contributed by atoms with Crippen molar-refractivity contribution in [2.75, 3.05) is 0 Å². The lowest BCUT2D eigenvalue weighted by Gasteiger charge is -2.47. The molecule has 2 N–H and O–H groups in total. The number of hydrogen-bond donors (Lipinski definition) is 1. The minimum Gasteiger partial charge on any atom is -0.325 e. The predicted octanol–water partition coefficient (Wildman–Crippen LogP) is 2.55. The van der Waals surface area contributed by atoms with E-state index in [1.165, 1.54) is 25.7 Å². The van der Waals surface area contributed by atoms with Crippen LogP contribution in [0.2, 0.25) is 0 Å². The molecule has 0 radical (unpaired) electrons. The number of fused-ring (bicyclic) bond motifs is 2. The molecule has 1 heteroatoms. The fraction of sp³-hybridized carbons (Fsp3) is 1.00. The Labute approximate surface area is 75.7 Å². The molecule has 2 fully saturated rings. The summed E-state index contributed by atoms with van der Waals surface area (Å²) in [7, 11) is 0. The van der Waals surface area contributed by atoms with Gasteiger partial charge < -0.3 is 5.73 Å². The standard InChI is InChI=1S/C11H21N/c1-4-10(2)8-5-6-9(7-8)11(10,3)12/h8-9H,4-7,12H2,1-3H3. The number of nitrogens with two attached hydrogens (primary N) is 1. The van der Waals surface area contributed by atoms with E-state index in [0.717, 1.165) is 11.8 Å². The van der Waals surface area contributed by atoms with Crippen LogP contribution in [0.25, 0.3) is 0 Å². The van der Waals surface area contributed by atoms with Gasteiger partial charge in [-0.05, 0) is 49.9 Å². The second-order valence-electron chi connectivity index (χ2n) is 5.26. The van der Waals surface area contributed by atoms with Crippen LogP contribution < -0.4 is 5.73 Å². The van der Waals surface area contributed by atoms with Gasteiger partial charge in [0.05, 0.1) is 0 Å². The lowest BCUT2D eigenvalue weighted by Crippen LogP contribution is -2.55. The molecule has 0 aromatic heterocycles. The zero-order chi connectivity index (χ0) is 8.98. The average Bonchev–Trinajstić information content (AvgIpc) is 2.55. The first kappa shape index (κ1) is 8.55. The highest BCUT2D eigenvalue weighted by atomic mass is 14.9. The zero-order valence-electron chi connectivity index (χ0n) is 8.56. The molecule has 0 aromatic carbocycles. The number of hydrogen-bond acceptors (Lipinski definition) is 1. The maximum Gasteiger partial charge on any atom is 0.0211 e. The van der Waals surface area contributed by atoms with E-state index in [1.807, 2.05) is 0 Å². The molecular weight excluding hydrogens is 146 g/mol. The van der Waals surface area contributed by atoms with Gasteiger partial charge in [0, 0.05) is 5.54 Å². The van der Waals surface area contributed by atoms with Crippen LogP contribution in [-0.2, 0) is 0 Å². The first-order valence-electron chi connectivity index (χ1n) is 5.31. The number of rotatable bonds is 1. The van der Waals surface area contributed by atoms with Gasteiger partial charge in [0.15, 0.2) is 0 Å². The fourth-order valence-electron chi connectivity index (χ4n) is 3.68. The molecule has 4 unspecified atom stereocenters. The van der Waals surface area contributed by atoms with Crippen LogP contribution in [0.5, 0.6) is 0 Å². The lowest BCUT2D eigenvalue weighted by molar-refractivity contribution is 0.0763. The van der Waals surface area contributed by atoms with Crippen molar-refractivity contribution in [2.24, 2.45) is 23.0 Å². The van der Waals surface area contributed by atoms with Crippen molar-refractivity contribution in [3.63, 3.8) is 0 Å². The van der Waals surface area contributed by atoms with Crippen LogP contribution in [0.15, 0.2) is 0 Å². The Morgan fingerprint density at radius 3 is 2.17 bits per heavy atom. The minimum absolute atomic E-state index is 0.116. The summed E-state index contributed by atoms with van der Waals surface area (Å²) in [6, 6.07) is 0. The Morgan fingerprint density at radius 2 is 1.83 bits per heavy atom. The highest BCUT2D eigenvalue weighted by molar-refractivity contribution is 5.13. The zero-order valence-corrected chi connectivity index (χ0v) is 8.56. The smallest absolute Gasteiger partial charge is 0.0211 e. The van der Waals surface area contributed by atoms with Crippen molar-refractivity contribution in [3.8, 4) is 0 Å². The Balaban J connectivity index is 2.34. The van der Waals surface area contributed by atoms with Crippen LogP contribution >= 0.6 is 0 Å². The summed E-state index contributed by atoms with van der Waals surface area (Å²) >= 11 is 0. The highest BCUT2D eigenvalue weighted by Crippen LogP contribution is 2.61. The van der Waals surface area contributed by atoms with Gasteiger partial charge in [-0.25, -0.2) is 0 Å². The first-order chi connectivity index (χ1) is 5.52. The Morgan fingerprint density at radius 1 is 1.25 bits per heavy atom. The van der Waals surface area contributed by atoms with Crippen molar-refractivity contribution >= 4 is 0 Å². The van der Waals surface area contributed by atoms with Gasteiger partial charge in [0.25, 0.3) is 0 Å². The molecule has 2 bridgehead atoms. The molecule has 2 aliphatic carbocycles. The van der Waals surface area contributed by atoms with E-state index in [1.54, 1.807) is 0 Å². The van der Waals surface area contributed by atoms with Crippen molar-refractivity contribution in [1.29, 1.82) is 0 Å². The van der Waals surface area contributed by atoms with Crippen LogP contribution in [0.1, 0.15) is 46.5 Å². The Kier molecular flexibility index (Phi) is 1.61. The molecule has 0 aliphatic heterocycles. The normalized spacial score (nSPS) is 58.0. The third-order valence-electron chi connectivity index (χ3n) is 5.15. The maximum atomic E-state index is 6.45. The fourth-order valence-corrected chi connectivity index (χ4v) is 3.68. The molecule has 0 amide bonds. The molecule has 2 saturated carbocycles. The Hall–Kier alpha value is -0.0400. The second kappa shape index (κ2) is 2.25. The first-order valence-corrected chi connectivity index (χ1v) is 5.31. The van der Waals surface area contributed by atoms with Crippen molar-refractivity contribution < 1.29 is 0 Å². The summed E-state index contributed by atoms with van der Waals surface area (Å²) in [6.07, 6.45) is 5.47. The van der Waals surface area contributed by atoms with E-state index in [9.17, 15) is 0 Å². The predicted molar refractivity (Wildman–Crippen MR) is 51.8 cm³/mol. The van der Waals surface area contributed by atoms with Gasteiger partial charge in [-0.1, -0.05) is 13.8 Å². The SMILES string of the molecule is CCC1(C)C2CCC(C2)C1(C)N. The maximum absolute atomic E-state index is 6.45. The summed E-state index contributed by atoms with van der Waals surface area (Å²) in [5.41, 5.74) is 6.99. The van der Waals surface area contributed by atoms with Crippen molar-refractivity contribution in [1.82, 2.24) is 0 Å². The van der Waals surface area contributed by atoms with Gasteiger partial charge >= 0.3 is 0 Å². The van der Waals surface area contributed by atoms with E-state index < -0.39 is 0 Å². The molecule has 0 spiro atoms. The van der Waals surface area contributed by atoms with E-state index in [0.29, 0.717) is 5.41 Å². The summed E-state index contributed by atoms with van der Waals surface area (Å²) in [6.45, 7) is 6.98. The Bertz CT molecular complexity index is 197. The largest absolute Gasteiger partial charge is 0.325 e. The summed E-state index contributed by atoms with van der Waals surface area (Å²) < 4.78 is 0. The molecule has 12 heavy (non-hydrogen) atoms. The third kappa shape index (κ3) is 0.736. The van der Waals surface area contributed by atoms with Crippen LogP contribution in [-0.4, -0.2) is 5.54 Å². The van der Waals surface area contributed by atoms with Gasteiger partial charge in [-0.15, -0.1) is 0 Å². The quantitative estimate of drug-likeness (QED) is 0.638. The summed E-state index contributed by atoms with van der Waals surface area (Å²) in [5.74, 6) is 1.73. The summed E-state index contributed by atoms with van der Waals surface area (Å²) in [5, 5.41) is 0. The monoisotopic (exact) mass is 167 g/mol. The van der Waals surface area contributed by atoms with Crippen LogP contribution in [0.4, 0.5) is 0 Å². The molecule has 2 rings (SSSR count). The molecule has 0 heterocycles. The molecule has 0 aromatic rings. The van der Waals surface area contributed by atoms with E-state index in [2.05, 4.69) is 20.8 Å².